The summed E-state index contributed by atoms with van der Waals surface area (Å²) in [4.78, 5) is 13.0. The topological polar surface area (TPSA) is 115 Å². The average Bonchev–Trinajstić information content (AvgIpc) is 2.34. The lowest BCUT2D eigenvalue weighted by Gasteiger charge is -2.28. The predicted octanol–water partition coefficient (Wildman–Crippen LogP) is 1.45. The van der Waals surface area contributed by atoms with Crippen molar-refractivity contribution in [2.75, 3.05) is 29.2 Å². The fourth-order valence-electron chi connectivity index (χ4n) is 1.61. The van der Waals surface area contributed by atoms with E-state index < -0.39 is 5.54 Å². The molecule has 8 heteroatoms. The molecule has 0 atom stereocenters. The number of rotatable bonds is 6. The molecule has 0 amide bonds. The quantitative estimate of drug-likeness (QED) is 0.533. The number of hydrogen-bond donors (Lipinski definition) is 5. The van der Waals surface area contributed by atoms with E-state index in [-0.39, 0.29) is 30.2 Å². The Balaban J connectivity index is 3.17. The number of nitrogens with one attached hydrogen (secondary N) is 3. The van der Waals surface area contributed by atoms with Crippen molar-refractivity contribution in [2.24, 2.45) is 0 Å². The van der Waals surface area contributed by atoms with Crippen molar-refractivity contribution in [3.63, 3.8) is 0 Å². The molecular weight excluding hydrogens is 296 g/mol. The van der Waals surface area contributed by atoms with E-state index in [2.05, 4.69) is 30.9 Å². The Labute approximate surface area is 138 Å². The van der Waals surface area contributed by atoms with E-state index in [9.17, 15) is 10.2 Å². The lowest BCUT2D eigenvalue weighted by Crippen LogP contribution is -2.43. The summed E-state index contributed by atoms with van der Waals surface area (Å²) in [5, 5.41) is 28.2. The van der Waals surface area contributed by atoms with Crippen molar-refractivity contribution >= 4 is 17.8 Å². The molecule has 5 N–H and O–H groups in total. The fraction of sp³-hybridized carbons (Fsp3) is 0.800. The Bertz CT molecular complexity index is 483. The lowest BCUT2D eigenvalue weighted by atomic mass is 10.1. The normalized spacial score (nSPS) is 12.9. The smallest absolute Gasteiger partial charge is 0.229 e. The Hall–Kier alpha value is -1.67. The molecule has 23 heavy (non-hydrogen) atoms. The minimum Gasteiger partial charge on any atom is -0.394 e. The summed E-state index contributed by atoms with van der Waals surface area (Å²) in [6.07, 6.45) is 0. The van der Waals surface area contributed by atoms with Crippen LogP contribution in [0.25, 0.3) is 0 Å². The van der Waals surface area contributed by atoms with Crippen LogP contribution in [0.15, 0.2) is 0 Å². The van der Waals surface area contributed by atoms with Crippen LogP contribution in [0.4, 0.5) is 17.8 Å². The third kappa shape index (κ3) is 6.96. The molecular formula is C15H30N6O2. The van der Waals surface area contributed by atoms with Crippen LogP contribution in [0, 0.1) is 0 Å². The van der Waals surface area contributed by atoms with Crippen LogP contribution in [0.5, 0.6) is 0 Å². The van der Waals surface area contributed by atoms with Gasteiger partial charge >= 0.3 is 0 Å². The minimum atomic E-state index is -0.917. The number of aliphatic hydroxyl groups is 2. The molecule has 1 rings (SSSR count). The maximum atomic E-state index is 9.43. The highest BCUT2D eigenvalue weighted by Crippen LogP contribution is 2.19. The first-order valence-electron chi connectivity index (χ1n) is 7.68. The van der Waals surface area contributed by atoms with Crippen molar-refractivity contribution in [1.82, 2.24) is 15.0 Å². The van der Waals surface area contributed by atoms with Crippen LogP contribution in [-0.2, 0) is 0 Å². The molecule has 0 aromatic carbocycles. The van der Waals surface area contributed by atoms with Gasteiger partial charge in [-0.25, -0.2) is 0 Å². The molecule has 0 aliphatic carbocycles. The van der Waals surface area contributed by atoms with Crippen molar-refractivity contribution in [2.45, 2.75) is 65.1 Å². The predicted molar refractivity (Wildman–Crippen MR) is 92.8 cm³/mol. The summed E-state index contributed by atoms with van der Waals surface area (Å²) in [5.41, 5.74) is -1.34. The number of anilines is 3. The minimum absolute atomic E-state index is 0.213. The molecule has 1 heterocycles. The highest BCUT2D eigenvalue weighted by atomic mass is 16.3. The molecule has 0 unspecified atom stereocenters. The maximum absolute atomic E-state index is 9.43. The molecule has 0 spiro atoms. The highest BCUT2D eigenvalue weighted by Gasteiger charge is 2.25. The second-order valence-corrected chi connectivity index (χ2v) is 8.06. The zero-order valence-corrected chi connectivity index (χ0v) is 15.2. The lowest BCUT2D eigenvalue weighted by molar-refractivity contribution is 0.147. The second-order valence-electron chi connectivity index (χ2n) is 8.06. The van der Waals surface area contributed by atoms with Gasteiger partial charge in [0.05, 0.1) is 18.8 Å². The summed E-state index contributed by atoms with van der Waals surface area (Å²) in [6, 6.07) is 0. The van der Waals surface area contributed by atoms with Crippen molar-refractivity contribution in [3.05, 3.63) is 0 Å². The van der Waals surface area contributed by atoms with E-state index in [0.29, 0.717) is 11.9 Å². The summed E-state index contributed by atoms with van der Waals surface area (Å²) >= 11 is 0. The van der Waals surface area contributed by atoms with Gasteiger partial charge in [0, 0.05) is 11.1 Å². The monoisotopic (exact) mass is 326 g/mol. The third-order valence-corrected chi connectivity index (χ3v) is 2.72. The zero-order valence-electron chi connectivity index (χ0n) is 15.2. The third-order valence-electron chi connectivity index (χ3n) is 2.72. The van der Waals surface area contributed by atoms with Crippen LogP contribution >= 0.6 is 0 Å². The highest BCUT2D eigenvalue weighted by molar-refractivity contribution is 5.45. The molecule has 0 saturated heterocycles. The van der Waals surface area contributed by atoms with Gasteiger partial charge in [0.2, 0.25) is 17.8 Å². The van der Waals surface area contributed by atoms with Gasteiger partial charge in [-0.15, -0.1) is 0 Å². The summed E-state index contributed by atoms with van der Waals surface area (Å²) < 4.78 is 0. The molecule has 8 nitrogen and oxygen atoms in total. The largest absolute Gasteiger partial charge is 0.394 e. The van der Waals surface area contributed by atoms with E-state index in [1.807, 2.05) is 41.5 Å². The standard InChI is InChI=1S/C15H30N6O2/c1-13(2,3)19-10-16-11(20-14(4,5)6)18-12(17-10)21-15(7,8-22)9-23/h22-23H,8-9H2,1-7H3,(H3,16,17,18,19,20,21). The first-order valence-corrected chi connectivity index (χ1v) is 7.68. The van der Waals surface area contributed by atoms with Crippen molar-refractivity contribution in [3.8, 4) is 0 Å². The van der Waals surface area contributed by atoms with Crippen LogP contribution in [-0.4, -0.2) is 55.0 Å². The Morgan fingerprint density at radius 3 is 1.22 bits per heavy atom. The van der Waals surface area contributed by atoms with Crippen LogP contribution in [0.1, 0.15) is 48.5 Å². The number of aliphatic hydroxyl groups excluding tert-OH is 2. The van der Waals surface area contributed by atoms with Crippen molar-refractivity contribution in [1.29, 1.82) is 0 Å². The van der Waals surface area contributed by atoms with Gasteiger partial charge in [-0.2, -0.15) is 15.0 Å². The van der Waals surface area contributed by atoms with Gasteiger partial charge in [0.25, 0.3) is 0 Å². The van der Waals surface area contributed by atoms with E-state index in [1.54, 1.807) is 6.92 Å². The SMILES string of the molecule is CC(C)(C)Nc1nc(NC(C)(C)C)nc(NC(C)(CO)CO)n1. The summed E-state index contributed by atoms with van der Waals surface area (Å²) in [5.74, 6) is 1.11. The van der Waals surface area contributed by atoms with Gasteiger partial charge in [0.15, 0.2) is 0 Å². The van der Waals surface area contributed by atoms with Crippen LogP contribution in [0.2, 0.25) is 0 Å². The van der Waals surface area contributed by atoms with Crippen molar-refractivity contribution < 1.29 is 10.2 Å². The Morgan fingerprint density at radius 1 is 0.652 bits per heavy atom. The molecule has 0 aliphatic rings. The molecule has 1 aromatic rings. The number of aromatic nitrogens is 3. The Kier molecular flexibility index (Phi) is 5.76. The number of nitrogens with zero attached hydrogens (tertiary/aromatic N) is 3. The molecule has 0 aliphatic heterocycles. The van der Waals surface area contributed by atoms with Gasteiger partial charge in [-0.3, -0.25) is 0 Å². The second kappa shape index (κ2) is 6.84. The van der Waals surface area contributed by atoms with Gasteiger partial charge in [-0.1, -0.05) is 0 Å². The van der Waals surface area contributed by atoms with Gasteiger partial charge in [-0.05, 0) is 48.5 Å². The summed E-state index contributed by atoms with van der Waals surface area (Å²) in [6.45, 7) is 13.2. The first-order chi connectivity index (χ1) is 10.4. The molecule has 132 valence electrons. The molecule has 0 radical (unpaired) electrons. The molecule has 0 fully saturated rings. The summed E-state index contributed by atoms with van der Waals surface area (Å²) in [7, 11) is 0. The van der Waals surface area contributed by atoms with E-state index in [0.717, 1.165) is 0 Å². The van der Waals surface area contributed by atoms with E-state index in [4.69, 9.17) is 0 Å². The van der Waals surface area contributed by atoms with Crippen LogP contribution in [0.3, 0.4) is 0 Å². The maximum Gasteiger partial charge on any atom is 0.229 e. The molecule has 0 saturated carbocycles. The first kappa shape index (κ1) is 19.4. The average molecular weight is 326 g/mol. The van der Waals surface area contributed by atoms with Crippen LogP contribution < -0.4 is 16.0 Å². The Morgan fingerprint density at radius 2 is 0.957 bits per heavy atom. The zero-order chi connectivity index (χ0) is 17.9. The molecule has 0 bridgehead atoms. The number of hydrogen-bond acceptors (Lipinski definition) is 8. The van der Waals surface area contributed by atoms with E-state index >= 15 is 0 Å². The molecule has 1 aromatic heterocycles. The van der Waals surface area contributed by atoms with Gasteiger partial charge < -0.3 is 26.2 Å². The fourth-order valence-corrected chi connectivity index (χ4v) is 1.61. The van der Waals surface area contributed by atoms with E-state index in [1.165, 1.54) is 0 Å². The van der Waals surface area contributed by atoms with Gasteiger partial charge in [0.1, 0.15) is 0 Å².